The molecule has 4 nitrogen and oxygen atoms in total. The second-order valence-electron chi connectivity index (χ2n) is 4.83. The van der Waals surface area contributed by atoms with E-state index in [0.29, 0.717) is 16.5 Å². The van der Waals surface area contributed by atoms with Crippen molar-refractivity contribution in [2.75, 3.05) is 5.32 Å². The van der Waals surface area contributed by atoms with Crippen molar-refractivity contribution < 1.29 is 9.21 Å². The van der Waals surface area contributed by atoms with E-state index in [4.69, 9.17) is 4.42 Å². The molecule has 22 heavy (non-hydrogen) atoms. The molecule has 3 rings (SSSR count). The first kappa shape index (κ1) is 15.0. The number of hydrogen-bond donors (Lipinski definition) is 1. The molecule has 1 aromatic carbocycles. The minimum atomic E-state index is -0.204. The largest absolute Gasteiger partial charge is 0.466 e. The lowest BCUT2D eigenvalue weighted by Crippen LogP contribution is -2.11. The second-order valence-corrected chi connectivity index (χ2v) is 6.60. The quantitative estimate of drug-likeness (QED) is 0.696. The summed E-state index contributed by atoms with van der Waals surface area (Å²) in [5, 5.41) is 5.30. The van der Waals surface area contributed by atoms with E-state index in [0.717, 1.165) is 21.5 Å². The monoisotopic (exact) mass is 376 g/mol. The summed E-state index contributed by atoms with van der Waals surface area (Å²) in [6.45, 7) is 3.59. The number of nitrogens with one attached hydrogen (secondary N) is 1. The fraction of sp³-hybridized carbons (Fsp3) is 0.125. The molecule has 112 valence electrons. The van der Waals surface area contributed by atoms with Crippen molar-refractivity contribution >= 4 is 38.3 Å². The van der Waals surface area contributed by atoms with Gasteiger partial charge >= 0.3 is 0 Å². The number of anilines is 1. The average Bonchev–Trinajstić information content (AvgIpc) is 3.05. The number of aromatic nitrogens is 1. The third-order valence-electron chi connectivity index (χ3n) is 3.13. The van der Waals surface area contributed by atoms with Gasteiger partial charge in [-0.2, -0.15) is 0 Å². The molecule has 0 atom stereocenters. The van der Waals surface area contributed by atoms with Gasteiger partial charge in [0.1, 0.15) is 11.5 Å². The summed E-state index contributed by atoms with van der Waals surface area (Å²) in [6, 6.07) is 9.62. The topological polar surface area (TPSA) is 55.1 Å². The molecule has 0 saturated heterocycles. The van der Waals surface area contributed by atoms with Crippen molar-refractivity contribution in [3.63, 3.8) is 0 Å². The first-order chi connectivity index (χ1) is 10.5. The smallest absolute Gasteiger partial charge is 0.260 e. The Morgan fingerprint density at radius 1 is 1.32 bits per heavy atom. The maximum atomic E-state index is 12.2. The highest BCUT2D eigenvalue weighted by Crippen LogP contribution is 2.27. The second kappa shape index (κ2) is 6.06. The van der Waals surface area contributed by atoms with Crippen LogP contribution in [0.4, 0.5) is 5.13 Å². The van der Waals surface area contributed by atoms with E-state index in [-0.39, 0.29) is 5.91 Å². The fourth-order valence-electron chi connectivity index (χ4n) is 2.13. The highest BCUT2D eigenvalue weighted by Gasteiger charge is 2.15. The molecule has 0 radical (unpaired) electrons. The number of furan rings is 1. The van der Waals surface area contributed by atoms with Crippen molar-refractivity contribution in [2.24, 2.45) is 0 Å². The maximum Gasteiger partial charge on any atom is 0.260 e. The van der Waals surface area contributed by atoms with Crippen molar-refractivity contribution in [1.82, 2.24) is 4.98 Å². The Kier molecular flexibility index (Phi) is 4.13. The number of carbonyl (C=O) groups is 1. The molecule has 1 amide bonds. The van der Waals surface area contributed by atoms with Crippen molar-refractivity contribution in [3.8, 4) is 11.3 Å². The minimum absolute atomic E-state index is 0.204. The van der Waals surface area contributed by atoms with Gasteiger partial charge in [-0.3, -0.25) is 10.1 Å². The average molecular weight is 377 g/mol. The van der Waals surface area contributed by atoms with E-state index in [1.165, 1.54) is 11.3 Å². The molecule has 0 saturated carbocycles. The van der Waals surface area contributed by atoms with E-state index < -0.39 is 0 Å². The molecule has 2 heterocycles. The van der Waals surface area contributed by atoms with Gasteiger partial charge in [-0.1, -0.05) is 28.1 Å². The van der Waals surface area contributed by atoms with Gasteiger partial charge in [0.2, 0.25) is 0 Å². The zero-order valence-corrected chi connectivity index (χ0v) is 14.4. The van der Waals surface area contributed by atoms with Gasteiger partial charge in [0.15, 0.2) is 5.13 Å². The van der Waals surface area contributed by atoms with Crippen molar-refractivity contribution in [2.45, 2.75) is 13.8 Å². The molecule has 0 bridgehead atoms. The zero-order valence-electron chi connectivity index (χ0n) is 12.0. The molecule has 0 aliphatic carbocycles. The lowest BCUT2D eigenvalue weighted by molar-refractivity contribution is 0.102. The number of benzene rings is 1. The van der Waals surface area contributed by atoms with Crippen LogP contribution in [-0.4, -0.2) is 10.9 Å². The van der Waals surface area contributed by atoms with Gasteiger partial charge < -0.3 is 4.42 Å². The fourth-order valence-corrected chi connectivity index (χ4v) is 3.25. The van der Waals surface area contributed by atoms with Gasteiger partial charge in [0.25, 0.3) is 5.91 Å². The number of hydrogen-bond acceptors (Lipinski definition) is 4. The Morgan fingerprint density at radius 3 is 2.82 bits per heavy atom. The lowest BCUT2D eigenvalue weighted by atomic mass is 10.2. The Morgan fingerprint density at radius 2 is 2.14 bits per heavy atom. The summed E-state index contributed by atoms with van der Waals surface area (Å²) in [4.78, 5) is 16.7. The molecule has 6 heteroatoms. The molecule has 0 unspecified atom stereocenters. The van der Waals surface area contributed by atoms with Crippen LogP contribution in [0.1, 0.15) is 21.9 Å². The van der Waals surface area contributed by atoms with E-state index in [1.807, 2.05) is 36.6 Å². The van der Waals surface area contributed by atoms with Crippen LogP contribution < -0.4 is 5.32 Å². The Bertz CT molecular complexity index is 838. The normalized spacial score (nSPS) is 10.7. The number of carbonyl (C=O) groups excluding carboxylic acids is 1. The first-order valence-corrected chi connectivity index (χ1v) is 8.30. The number of halogens is 1. The standard InChI is InChI=1S/C16H13BrN2O2S/c1-9-6-13(10(2)21-9)15(20)19-16-18-14(8-22-16)11-4-3-5-12(17)7-11/h3-8H,1-2H3,(H,18,19,20). The van der Waals surface area contributed by atoms with E-state index in [2.05, 4.69) is 26.2 Å². The van der Waals surface area contributed by atoms with Crippen LogP contribution in [0, 0.1) is 13.8 Å². The zero-order chi connectivity index (χ0) is 15.7. The van der Waals surface area contributed by atoms with Gasteiger partial charge in [-0.15, -0.1) is 11.3 Å². The third kappa shape index (κ3) is 3.13. The Labute approximate surface area is 140 Å². The number of thiazole rings is 1. The Balaban J connectivity index is 1.80. The van der Waals surface area contributed by atoms with Gasteiger partial charge in [0, 0.05) is 15.4 Å². The van der Waals surface area contributed by atoms with Crippen LogP contribution in [0.25, 0.3) is 11.3 Å². The van der Waals surface area contributed by atoms with E-state index >= 15 is 0 Å². The molecular weight excluding hydrogens is 364 g/mol. The summed E-state index contributed by atoms with van der Waals surface area (Å²) < 4.78 is 6.37. The van der Waals surface area contributed by atoms with E-state index in [9.17, 15) is 4.79 Å². The third-order valence-corrected chi connectivity index (χ3v) is 4.38. The SMILES string of the molecule is Cc1cc(C(=O)Nc2nc(-c3cccc(Br)c3)cs2)c(C)o1. The van der Waals surface area contributed by atoms with Crippen LogP contribution in [-0.2, 0) is 0 Å². The Hall–Kier alpha value is -1.92. The van der Waals surface area contributed by atoms with Crippen LogP contribution in [0.5, 0.6) is 0 Å². The number of aryl methyl sites for hydroxylation is 2. The molecule has 3 aromatic rings. The predicted molar refractivity (Wildman–Crippen MR) is 91.4 cm³/mol. The maximum absolute atomic E-state index is 12.2. The minimum Gasteiger partial charge on any atom is -0.466 e. The highest BCUT2D eigenvalue weighted by atomic mass is 79.9. The van der Waals surface area contributed by atoms with Gasteiger partial charge in [-0.05, 0) is 32.0 Å². The first-order valence-electron chi connectivity index (χ1n) is 6.63. The summed E-state index contributed by atoms with van der Waals surface area (Å²) in [5.74, 6) is 1.12. The van der Waals surface area contributed by atoms with Crippen LogP contribution in [0.15, 0.2) is 44.6 Å². The van der Waals surface area contributed by atoms with Crippen LogP contribution in [0.3, 0.4) is 0 Å². The number of rotatable bonds is 3. The highest BCUT2D eigenvalue weighted by molar-refractivity contribution is 9.10. The molecule has 1 N–H and O–H groups in total. The van der Waals surface area contributed by atoms with E-state index in [1.54, 1.807) is 13.0 Å². The lowest BCUT2D eigenvalue weighted by Gasteiger charge is -2.00. The van der Waals surface area contributed by atoms with Crippen LogP contribution in [0.2, 0.25) is 0 Å². The van der Waals surface area contributed by atoms with Crippen LogP contribution >= 0.6 is 27.3 Å². The molecule has 2 aromatic heterocycles. The molecule has 0 fully saturated rings. The number of nitrogens with zero attached hydrogens (tertiary/aromatic N) is 1. The summed E-state index contributed by atoms with van der Waals surface area (Å²) in [6.07, 6.45) is 0. The van der Waals surface area contributed by atoms with Crippen molar-refractivity contribution in [1.29, 1.82) is 0 Å². The molecule has 0 aliphatic rings. The van der Waals surface area contributed by atoms with Gasteiger partial charge in [-0.25, -0.2) is 4.98 Å². The molecular formula is C16H13BrN2O2S. The molecule has 0 spiro atoms. The predicted octanol–water partition coefficient (Wildman–Crippen LogP) is 5.03. The summed E-state index contributed by atoms with van der Waals surface area (Å²) in [5.41, 5.74) is 2.37. The van der Waals surface area contributed by atoms with Crippen molar-refractivity contribution in [3.05, 3.63) is 57.3 Å². The molecule has 0 aliphatic heterocycles. The number of amides is 1. The van der Waals surface area contributed by atoms with Gasteiger partial charge in [0.05, 0.1) is 11.3 Å². The summed E-state index contributed by atoms with van der Waals surface area (Å²) >= 11 is 4.84. The summed E-state index contributed by atoms with van der Waals surface area (Å²) in [7, 11) is 0.